The van der Waals surface area contributed by atoms with Gasteiger partial charge in [-0.2, -0.15) is 0 Å². The fourth-order valence-electron chi connectivity index (χ4n) is 0.946. The monoisotopic (exact) mass is 247 g/mol. The van der Waals surface area contributed by atoms with Crippen LogP contribution in [-0.4, -0.2) is 4.98 Å². The molecule has 0 aliphatic carbocycles. The topological polar surface area (TPSA) is 28.9 Å². The second-order valence-corrected chi connectivity index (χ2v) is 3.50. The minimum atomic E-state index is -0.361. The number of aromatic nitrogens is 1. The Bertz CT molecular complexity index is 448. The zero-order chi connectivity index (χ0) is 8.72. The molecule has 0 saturated heterocycles. The van der Waals surface area contributed by atoms with Gasteiger partial charge in [0.25, 0.3) is 4.84 Å². The molecule has 2 nitrogen and oxygen atoms in total. The molecule has 0 spiro atoms. The summed E-state index contributed by atoms with van der Waals surface area (Å²) in [5.74, 6) is -0.361. The lowest BCUT2D eigenvalue weighted by Gasteiger charge is -1.91. The van der Waals surface area contributed by atoms with E-state index in [9.17, 15) is 4.39 Å². The van der Waals surface area contributed by atoms with Crippen LogP contribution in [0.2, 0.25) is 0 Å². The number of rotatable bonds is 0. The highest BCUT2D eigenvalue weighted by molar-refractivity contribution is 9.10. The molecule has 1 aromatic heterocycles. The third-order valence-electron chi connectivity index (χ3n) is 1.46. The molecule has 62 valence electrons. The number of oxazole rings is 1. The van der Waals surface area contributed by atoms with Gasteiger partial charge in [-0.3, -0.25) is 0 Å². The molecule has 0 fully saturated rings. The lowest BCUT2D eigenvalue weighted by atomic mass is 10.3. The molecule has 0 amide bonds. The fourth-order valence-corrected chi connectivity index (χ4v) is 1.49. The Balaban J connectivity index is 2.92. The molecule has 0 unspecified atom stereocenters. The van der Waals surface area contributed by atoms with E-state index in [1.807, 2.05) is 0 Å². The molecule has 0 atom stereocenters. The highest BCUT2D eigenvalue weighted by Crippen LogP contribution is 2.22. The first-order chi connectivity index (χ1) is 5.66. The van der Waals surface area contributed by atoms with E-state index in [-0.39, 0.29) is 10.7 Å². The predicted octanol–water partition coefficient (Wildman–Crippen LogP) is 3.39. The average Bonchev–Trinajstić information content (AvgIpc) is 2.30. The van der Waals surface area contributed by atoms with Gasteiger partial charge in [-0.1, -0.05) is 0 Å². The summed E-state index contributed by atoms with van der Waals surface area (Å²) in [5, 5.41) is 0. The van der Waals surface area contributed by atoms with Gasteiger partial charge in [-0.15, -0.1) is 0 Å². The van der Waals surface area contributed by atoms with Crippen LogP contribution in [0.25, 0.3) is 11.1 Å². The average molecular weight is 248 g/mol. The van der Waals surface area contributed by atoms with Crippen molar-refractivity contribution in [2.45, 2.75) is 0 Å². The Morgan fingerprint density at radius 2 is 2.25 bits per heavy atom. The number of fused-ring (bicyclic) bond motifs is 1. The van der Waals surface area contributed by atoms with Gasteiger partial charge in [-0.25, -0.2) is 4.39 Å². The molecule has 12 heavy (non-hydrogen) atoms. The summed E-state index contributed by atoms with van der Waals surface area (Å²) in [6, 6.07) is 2.87. The third-order valence-corrected chi connectivity index (χ3v) is 2.25. The second-order valence-electron chi connectivity index (χ2n) is 2.28. The van der Waals surface area contributed by atoms with E-state index in [4.69, 9.17) is 16.6 Å². The minimum Gasteiger partial charge on any atom is -0.429 e. The highest BCUT2D eigenvalue weighted by atomic mass is 79.9. The molecule has 1 N–H and O–H groups in total. The number of H-pyrrole nitrogens is 1. The van der Waals surface area contributed by atoms with Crippen LogP contribution in [0.5, 0.6) is 0 Å². The van der Waals surface area contributed by atoms with E-state index < -0.39 is 0 Å². The lowest BCUT2D eigenvalue weighted by Crippen LogP contribution is -1.76. The Morgan fingerprint density at radius 3 is 3.00 bits per heavy atom. The van der Waals surface area contributed by atoms with Crippen molar-refractivity contribution >= 4 is 39.2 Å². The van der Waals surface area contributed by atoms with Crippen molar-refractivity contribution in [3.05, 3.63) is 27.3 Å². The van der Waals surface area contributed by atoms with Crippen molar-refractivity contribution in [3.8, 4) is 0 Å². The number of hydrogen-bond acceptors (Lipinski definition) is 2. The van der Waals surface area contributed by atoms with Gasteiger partial charge in [-0.05, 0) is 34.2 Å². The van der Waals surface area contributed by atoms with E-state index in [1.165, 1.54) is 6.07 Å². The maximum Gasteiger partial charge on any atom is 0.266 e. The summed E-state index contributed by atoms with van der Waals surface area (Å²) in [6.45, 7) is 0. The van der Waals surface area contributed by atoms with E-state index in [0.29, 0.717) is 15.6 Å². The van der Waals surface area contributed by atoms with Crippen molar-refractivity contribution in [3.63, 3.8) is 0 Å². The minimum absolute atomic E-state index is 0.252. The molecule has 0 radical (unpaired) electrons. The van der Waals surface area contributed by atoms with Crippen molar-refractivity contribution in [2.75, 3.05) is 0 Å². The maximum atomic E-state index is 12.9. The van der Waals surface area contributed by atoms with Crippen LogP contribution >= 0.6 is 28.1 Å². The van der Waals surface area contributed by atoms with E-state index >= 15 is 0 Å². The summed E-state index contributed by atoms with van der Waals surface area (Å²) in [4.78, 5) is 3.03. The van der Waals surface area contributed by atoms with Crippen LogP contribution in [0.1, 0.15) is 0 Å². The maximum absolute atomic E-state index is 12.9. The Labute approximate surface area is 80.5 Å². The molecular formula is C7H3BrFNOS. The Hall–Kier alpha value is -0.680. The molecule has 2 rings (SSSR count). The summed E-state index contributed by atoms with van der Waals surface area (Å²) in [7, 11) is 0. The predicted molar refractivity (Wildman–Crippen MR) is 49.1 cm³/mol. The molecular weight excluding hydrogens is 245 g/mol. The normalized spacial score (nSPS) is 10.8. The molecule has 0 saturated carbocycles. The van der Waals surface area contributed by atoms with Crippen molar-refractivity contribution in [1.82, 2.24) is 4.98 Å². The Kier molecular flexibility index (Phi) is 1.77. The number of halogens is 2. The molecule has 5 heteroatoms. The van der Waals surface area contributed by atoms with Crippen molar-refractivity contribution < 1.29 is 8.81 Å². The van der Waals surface area contributed by atoms with Gasteiger partial charge in [0.2, 0.25) is 0 Å². The van der Waals surface area contributed by atoms with E-state index in [0.717, 1.165) is 0 Å². The van der Waals surface area contributed by atoms with Crippen molar-refractivity contribution in [1.29, 1.82) is 0 Å². The largest absolute Gasteiger partial charge is 0.429 e. The number of hydrogen-bond donors (Lipinski definition) is 1. The van der Waals surface area contributed by atoms with Crippen LogP contribution in [0.4, 0.5) is 4.39 Å². The zero-order valence-electron chi connectivity index (χ0n) is 5.73. The molecule has 0 aliphatic rings. The lowest BCUT2D eigenvalue weighted by molar-refractivity contribution is 0.574. The summed E-state index contributed by atoms with van der Waals surface area (Å²) >= 11 is 7.79. The second kappa shape index (κ2) is 2.67. The van der Waals surface area contributed by atoms with Gasteiger partial charge in [0.15, 0.2) is 5.58 Å². The van der Waals surface area contributed by atoms with Gasteiger partial charge >= 0.3 is 0 Å². The molecule has 1 heterocycles. The van der Waals surface area contributed by atoms with E-state index in [2.05, 4.69) is 20.9 Å². The number of nitrogens with one attached hydrogen (secondary N) is 1. The summed E-state index contributed by atoms with van der Waals surface area (Å²) in [6.07, 6.45) is 0. The smallest absolute Gasteiger partial charge is 0.266 e. The van der Waals surface area contributed by atoms with E-state index in [1.54, 1.807) is 6.07 Å². The third kappa shape index (κ3) is 1.19. The van der Waals surface area contributed by atoms with Crippen LogP contribution in [0, 0.1) is 10.7 Å². The van der Waals surface area contributed by atoms with Crippen LogP contribution in [0.3, 0.4) is 0 Å². The summed E-state index contributed by atoms with van der Waals surface area (Å²) < 4.78 is 18.3. The summed E-state index contributed by atoms with van der Waals surface area (Å²) in [5.41, 5.74) is 1.12. The van der Waals surface area contributed by atoms with Crippen LogP contribution in [-0.2, 0) is 0 Å². The first kappa shape index (κ1) is 7.94. The van der Waals surface area contributed by atoms with Gasteiger partial charge < -0.3 is 9.40 Å². The molecule has 0 bridgehead atoms. The van der Waals surface area contributed by atoms with Gasteiger partial charge in [0.05, 0.1) is 9.99 Å². The zero-order valence-corrected chi connectivity index (χ0v) is 8.13. The first-order valence-electron chi connectivity index (χ1n) is 3.15. The standard InChI is InChI=1S/C7H3BrFNOS/c8-3-1-5-6(2-4(3)9)11-7(12)10-5/h1-2H,(H,10,12). The van der Waals surface area contributed by atoms with Crippen LogP contribution in [0.15, 0.2) is 21.0 Å². The van der Waals surface area contributed by atoms with Gasteiger partial charge in [0, 0.05) is 6.07 Å². The molecule has 0 aliphatic heterocycles. The SMILES string of the molecule is Fc1cc2oc(=S)[nH]c2cc1Br. The number of aromatic amines is 1. The van der Waals surface area contributed by atoms with Crippen molar-refractivity contribution in [2.24, 2.45) is 0 Å². The molecule has 1 aromatic carbocycles. The Morgan fingerprint density at radius 1 is 1.50 bits per heavy atom. The van der Waals surface area contributed by atoms with Gasteiger partial charge in [0.1, 0.15) is 5.82 Å². The van der Waals surface area contributed by atoms with Crippen LogP contribution < -0.4 is 0 Å². The first-order valence-corrected chi connectivity index (χ1v) is 4.35. The quantitative estimate of drug-likeness (QED) is 0.724. The highest BCUT2D eigenvalue weighted by Gasteiger charge is 2.04. The number of benzene rings is 1. The fraction of sp³-hybridized carbons (Fsp3) is 0. The molecule has 2 aromatic rings.